The van der Waals surface area contributed by atoms with Gasteiger partial charge in [-0.25, -0.2) is 0 Å². The summed E-state index contributed by atoms with van der Waals surface area (Å²) in [7, 11) is 3.33. The Kier molecular flexibility index (Phi) is 5.74. The Hall–Kier alpha value is -2.36. The van der Waals surface area contributed by atoms with E-state index in [0.29, 0.717) is 0 Å². The Morgan fingerprint density at radius 3 is 2.09 bits per heavy atom. The summed E-state index contributed by atoms with van der Waals surface area (Å²) in [5, 5.41) is 6.90. The van der Waals surface area contributed by atoms with Gasteiger partial charge in [-0.15, -0.1) is 0 Å². The second-order valence-electron chi connectivity index (χ2n) is 5.69. The van der Waals surface area contributed by atoms with Crippen LogP contribution in [0.1, 0.15) is 16.7 Å². The van der Waals surface area contributed by atoms with Gasteiger partial charge < -0.3 is 20.1 Å². The van der Waals surface area contributed by atoms with Crippen molar-refractivity contribution in [3.05, 3.63) is 47.0 Å². The first-order valence-corrected chi connectivity index (χ1v) is 7.82. The molecule has 0 atom stereocenters. The molecular formula is C19H26N2O2. The molecule has 0 fully saturated rings. The molecule has 0 spiro atoms. The van der Waals surface area contributed by atoms with Crippen molar-refractivity contribution in [2.75, 3.05) is 37.9 Å². The molecule has 0 aliphatic heterocycles. The van der Waals surface area contributed by atoms with Crippen LogP contribution >= 0.6 is 0 Å². The van der Waals surface area contributed by atoms with Gasteiger partial charge in [-0.1, -0.05) is 17.7 Å². The zero-order valence-electron chi connectivity index (χ0n) is 14.6. The van der Waals surface area contributed by atoms with Crippen LogP contribution in [0.4, 0.5) is 11.4 Å². The van der Waals surface area contributed by atoms with Crippen LogP contribution in [0.2, 0.25) is 0 Å². The molecule has 0 aromatic heterocycles. The molecule has 0 saturated heterocycles. The van der Waals surface area contributed by atoms with Crippen molar-refractivity contribution in [2.24, 2.45) is 0 Å². The molecule has 2 aromatic carbocycles. The lowest BCUT2D eigenvalue weighted by Crippen LogP contribution is -2.15. The molecular weight excluding hydrogens is 288 g/mol. The molecule has 4 heteroatoms. The Bertz CT molecular complexity index is 645. The van der Waals surface area contributed by atoms with Crippen LogP contribution in [-0.2, 0) is 0 Å². The van der Waals surface area contributed by atoms with Crippen LogP contribution in [0, 0.1) is 20.8 Å². The highest BCUT2D eigenvalue weighted by molar-refractivity contribution is 5.61. The molecule has 0 aliphatic carbocycles. The third kappa shape index (κ3) is 4.31. The predicted molar refractivity (Wildman–Crippen MR) is 97.2 cm³/mol. The molecule has 0 aliphatic rings. The van der Waals surface area contributed by atoms with E-state index in [1.807, 2.05) is 18.2 Å². The molecule has 0 bridgehead atoms. The monoisotopic (exact) mass is 314 g/mol. The van der Waals surface area contributed by atoms with Crippen molar-refractivity contribution in [1.82, 2.24) is 0 Å². The highest BCUT2D eigenvalue weighted by Crippen LogP contribution is 2.28. The average Bonchev–Trinajstić information content (AvgIpc) is 2.53. The van der Waals surface area contributed by atoms with Crippen molar-refractivity contribution in [3.8, 4) is 11.5 Å². The summed E-state index contributed by atoms with van der Waals surface area (Å²) in [4.78, 5) is 0. The Labute approximate surface area is 138 Å². The van der Waals surface area contributed by atoms with Crippen LogP contribution in [-0.4, -0.2) is 27.3 Å². The second-order valence-corrected chi connectivity index (χ2v) is 5.69. The first-order chi connectivity index (χ1) is 11.0. The van der Waals surface area contributed by atoms with Gasteiger partial charge in [0.2, 0.25) is 0 Å². The number of ether oxygens (including phenoxy) is 2. The molecule has 23 heavy (non-hydrogen) atoms. The van der Waals surface area contributed by atoms with E-state index in [-0.39, 0.29) is 0 Å². The largest absolute Gasteiger partial charge is 0.497 e. The Morgan fingerprint density at radius 2 is 1.48 bits per heavy atom. The fourth-order valence-corrected chi connectivity index (χ4v) is 2.80. The van der Waals surface area contributed by atoms with E-state index < -0.39 is 0 Å². The maximum absolute atomic E-state index is 5.37. The minimum atomic E-state index is 0.788. The van der Waals surface area contributed by atoms with E-state index in [4.69, 9.17) is 9.47 Å². The lowest BCUT2D eigenvalue weighted by atomic mass is 10.1. The fourth-order valence-electron chi connectivity index (χ4n) is 2.80. The molecule has 0 radical (unpaired) electrons. The normalized spacial score (nSPS) is 10.3. The molecule has 4 nitrogen and oxygen atoms in total. The highest BCUT2D eigenvalue weighted by Gasteiger charge is 2.05. The summed E-state index contributed by atoms with van der Waals surface area (Å²) in [6.07, 6.45) is 0. The highest BCUT2D eigenvalue weighted by atomic mass is 16.5. The summed E-state index contributed by atoms with van der Waals surface area (Å²) in [5.74, 6) is 1.62. The zero-order valence-corrected chi connectivity index (χ0v) is 14.6. The minimum absolute atomic E-state index is 0.788. The van der Waals surface area contributed by atoms with Crippen LogP contribution in [0.5, 0.6) is 11.5 Å². The number of aryl methyl sites for hydroxylation is 3. The van der Waals surface area contributed by atoms with Crippen molar-refractivity contribution in [2.45, 2.75) is 20.8 Å². The summed E-state index contributed by atoms with van der Waals surface area (Å²) in [6, 6.07) is 10.1. The number of methoxy groups -OCH3 is 2. The first kappa shape index (κ1) is 17.0. The van der Waals surface area contributed by atoms with Gasteiger partial charge in [0.15, 0.2) is 0 Å². The van der Waals surface area contributed by atoms with Crippen molar-refractivity contribution in [3.63, 3.8) is 0 Å². The predicted octanol–water partition coefficient (Wildman–Crippen LogP) is 4.15. The summed E-state index contributed by atoms with van der Waals surface area (Å²) >= 11 is 0. The average molecular weight is 314 g/mol. The maximum atomic E-state index is 5.37. The van der Waals surface area contributed by atoms with Gasteiger partial charge in [0, 0.05) is 24.8 Å². The SMILES string of the molecule is COc1ccc(OC)c(NCCNc2c(C)cc(C)cc2C)c1. The van der Waals surface area contributed by atoms with Crippen LogP contribution in [0.15, 0.2) is 30.3 Å². The van der Waals surface area contributed by atoms with Gasteiger partial charge in [-0.05, 0) is 44.0 Å². The number of anilines is 2. The lowest BCUT2D eigenvalue weighted by Gasteiger charge is -2.16. The maximum Gasteiger partial charge on any atom is 0.142 e. The smallest absolute Gasteiger partial charge is 0.142 e. The number of hydrogen-bond acceptors (Lipinski definition) is 4. The van der Waals surface area contributed by atoms with E-state index in [9.17, 15) is 0 Å². The van der Waals surface area contributed by atoms with Gasteiger partial charge in [-0.3, -0.25) is 0 Å². The summed E-state index contributed by atoms with van der Waals surface area (Å²) in [5.41, 5.74) is 6.01. The van der Waals surface area contributed by atoms with Gasteiger partial charge in [0.25, 0.3) is 0 Å². The third-order valence-corrected chi connectivity index (χ3v) is 3.83. The topological polar surface area (TPSA) is 42.5 Å². The quantitative estimate of drug-likeness (QED) is 0.753. The number of benzene rings is 2. The molecule has 0 amide bonds. The van der Waals surface area contributed by atoms with E-state index in [2.05, 4.69) is 43.5 Å². The molecule has 0 heterocycles. The molecule has 2 aromatic rings. The summed E-state index contributed by atoms with van der Waals surface area (Å²) < 4.78 is 10.6. The van der Waals surface area contributed by atoms with Gasteiger partial charge >= 0.3 is 0 Å². The number of hydrogen-bond donors (Lipinski definition) is 2. The minimum Gasteiger partial charge on any atom is -0.497 e. The Balaban J connectivity index is 1.96. The third-order valence-electron chi connectivity index (χ3n) is 3.83. The van der Waals surface area contributed by atoms with Gasteiger partial charge in [0.05, 0.1) is 19.9 Å². The molecule has 0 saturated carbocycles. The Morgan fingerprint density at radius 1 is 0.826 bits per heavy atom. The van der Waals surface area contributed by atoms with Gasteiger partial charge in [0.1, 0.15) is 11.5 Å². The van der Waals surface area contributed by atoms with Crippen LogP contribution in [0.3, 0.4) is 0 Å². The first-order valence-electron chi connectivity index (χ1n) is 7.82. The lowest BCUT2D eigenvalue weighted by molar-refractivity contribution is 0.404. The standard InChI is InChI=1S/C19H26N2O2/c1-13-10-14(2)19(15(3)11-13)21-9-8-20-17-12-16(22-4)6-7-18(17)23-5/h6-7,10-12,20-21H,8-9H2,1-5H3. The van der Waals surface area contributed by atoms with E-state index in [0.717, 1.165) is 30.3 Å². The summed E-state index contributed by atoms with van der Waals surface area (Å²) in [6.45, 7) is 8.02. The fraction of sp³-hybridized carbons (Fsp3) is 0.368. The number of rotatable bonds is 7. The van der Waals surface area contributed by atoms with Crippen molar-refractivity contribution < 1.29 is 9.47 Å². The molecule has 124 valence electrons. The van der Waals surface area contributed by atoms with Crippen molar-refractivity contribution in [1.29, 1.82) is 0 Å². The van der Waals surface area contributed by atoms with Crippen LogP contribution < -0.4 is 20.1 Å². The number of nitrogens with one attached hydrogen (secondary N) is 2. The second kappa shape index (κ2) is 7.77. The van der Waals surface area contributed by atoms with Gasteiger partial charge in [-0.2, -0.15) is 0 Å². The van der Waals surface area contributed by atoms with E-state index >= 15 is 0 Å². The van der Waals surface area contributed by atoms with Crippen molar-refractivity contribution >= 4 is 11.4 Å². The zero-order chi connectivity index (χ0) is 16.8. The van der Waals surface area contributed by atoms with E-state index in [1.54, 1.807) is 14.2 Å². The van der Waals surface area contributed by atoms with Crippen LogP contribution in [0.25, 0.3) is 0 Å². The molecule has 2 rings (SSSR count). The van der Waals surface area contributed by atoms with E-state index in [1.165, 1.54) is 22.4 Å². The molecule has 0 unspecified atom stereocenters. The molecule has 2 N–H and O–H groups in total.